The Labute approximate surface area is 155 Å². The minimum atomic E-state index is 0. The van der Waals surface area contributed by atoms with Crippen LogP contribution in [0, 0.1) is 0 Å². The molecule has 0 bridgehead atoms. The molecule has 0 spiro atoms. The van der Waals surface area contributed by atoms with E-state index in [0.717, 1.165) is 32.8 Å². The Bertz CT molecular complexity index is 574. The van der Waals surface area contributed by atoms with Crippen molar-refractivity contribution in [2.45, 2.75) is 19.3 Å². The lowest BCUT2D eigenvalue weighted by Gasteiger charge is -2.02. The van der Waals surface area contributed by atoms with Crippen LogP contribution in [0.1, 0.15) is 18.5 Å². The van der Waals surface area contributed by atoms with Crippen LogP contribution in [0.15, 0.2) is 17.5 Å². The number of amides is 1. The fraction of sp³-hybridized carbons (Fsp3) is 0.385. The number of nitrogens with one attached hydrogen (secondary N) is 1. The monoisotopic (exact) mass is 401 g/mol. The number of carbonyl (C=O) groups excluding carboxylic acids is 1. The summed E-state index contributed by atoms with van der Waals surface area (Å²) in [6.45, 7) is 1.34. The fourth-order valence-electron chi connectivity index (χ4n) is 1.65. The Morgan fingerprint density at radius 3 is 2.73 bits per heavy atom. The Balaban J connectivity index is 0.00000220. The van der Waals surface area contributed by atoms with Crippen LogP contribution in [-0.2, 0) is 11.2 Å². The summed E-state index contributed by atoms with van der Waals surface area (Å²) in [4.78, 5) is 17.2. The van der Waals surface area contributed by atoms with Crippen LogP contribution in [0.25, 0.3) is 9.88 Å². The molecular weight excluding hydrogens is 385 g/mol. The summed E-state index contributed by atoms with van der Waals surface area (Å²) in [5.74, 6) is 0.00286. The van der Waals surface area contributed by atoms with Gasteiger partial charge in [0.25, 0.3) is 0 Å². The van der Waals surface area contributed by atoms with Gasteiger partial charge in [0.1, 0.15) is 5.01 Å². The number of nitrogens with zero attached hydrogens (tertiary/aromatic N) is 1. The van der Waals surface area contributed by atoms with E-state index in [1.807, 2.05) is 17.5 Å². The van der Waals surface area contributed by atoms with E-state index < -0.39 is 0 Å². The molecule has 9 heteroatoms. The second kappa shape index (κ2) is 11.2. The lowest BCUT2D eigenvalue weighted by Crippen LogP contribution is -2.26. The number of hydrogen-bond acceptors (Lipinski definition) is 5. The second-order valence-corrected chi connectivity index (χ2v) is 6.84. The van der Waals surface area contributed by atoms with Gasteiger partial charge in [0.05, 0.1) is 21.3 Å². The maximum absolute atomic E-state index is 11.7. The largest absolute Gasteiger partial charge is 0.356 e. The molecule has 0 unspecified atom stereocenters. The molecule has 0 radical (unpaired) electrons. The van der Waals surface area contributed by atoms with Crippen molar-refractivity contribution in [3.63, 3.8) is 0 Å². The zero-order valence-corrected chi connectivity index (χ0v) is 15.7. The third kappa shape index (κ3) is 6.81. The van der Waals surface area contributed by atoms with Crippen molar-refractivity contribution in [2.24, 2.45) is 5.73 Å². The lowest BCUT2D eigenvalue weighted by molar-refractivity contribution is -0.120. The predicted molar refractivity (Wildman–Crippen MR) is 99.9 cm³/mol. The number of rotatable bonds is 7. The van der Waals surface area contributed by atoms with Gasteiger partial charge >= 0.3 is 0 Å². The van der Waals surface area contributed by atoms with E-state index in [2.05, 4.69) is 10.3 Å². The van der Waals surface area contributed by atoms with Crippen molar-refractivity contribution in [1.82, 2.24) is 10.3 Å². The number of carbonyl (C=O) groups is 1. The molecule has 1 amide bonds. The van der Waals surface area contributed by atoms with E-state index in [1.165, 1.54) is 22.7 Å². The minimum Gasteiger partial charge on any atom is -0.356 e. The van der Waals surface area contributed by atoms with Crippen LogP contribution in [0.4, 0.5) is 0 Å². The number of unbranched alkanes of at least 4 members (excludes halogenated alkanes) is 1. The van der Waals surface area contributed by atoms with Crippen LogP contribution in [0.5, 0.6) is 0 Å². The van der Waals surface area contributed by atoms with Crippen molar-refractivity contribution in [3.05, 3.63) is 27.5 Å². The summed E-state index contributed by atoms with van der Waals surface area (Å²) in [5.41, 5.74) is 6.20. The second-order valence-electron chi connectivity index (χ2n) is 4.27. The molecule has 3 N–H and O–H groups in total. The average Bonchev–Trinajstić information content (AvgIpc) is 3.04. The van der Waals surface area contributed by atoms with Crippen molar-refractivity contribution in [2.75, 3.05) is 13.1 Å². The molecule has 4 nitrogen and oxygen atoms in total. The van der Waals surface area contributed by atoms with Gasteiger partial charge in [-0.15, -0.1) is 47.5 Å². The van der Waals surface area contributed by atoms with E-state index in [0.29, 0.717) is 19.5 Å². The van der Waals surface area contributed by atoms with E-state index in [1.54, 1.807) is 0 Å². The first-order valence-corrected chi connectivity index (χ1v) is 8.43. The predicted octanol–water partition coefficient (Wildman–Crippen LogP) is 3.77. The zero-order valence-electron chi connectivity index (χ0n) is 11.7. The first-order valence-electron chi connectivity index (χ1n) is 6.36. The Morgan fingerprint density at radius 2 is 2.09 bits per heavy atom. The molecule has 0 aliphatic rings. The van der Waals surface area contributed by atoms with Crippen molar-refractivity contribution < 1.29 is 4.79 Å². The molecule has 2 rings (SSSR count). The summed E-state index contributed by atoms with van der Waals surface area (Å²) in [7, 11) is 0. The normalized spacial score (nSPS) is 9.73. The molecule has 0 saturated heterocycles. The molecule has 2 aromatic rings. The van der Waals surface area contributed by atoms with E-state index >= 15 is 0 Å². The highest BCUT2D eigenvalue weighted by Gasteiger charge is 2.10. The van der Waals surface area contributed by atoms with Gasteiger partial charge < -0.3 is 11.1 Å². The number of nitrogens with two attached hydrogens (primary N) is 1. The van der Waals surface area contributed by atoms with Crippen LogP contribution >= 0.6 is 59.1 Å². The zero-order chi connectivity index (χ0) is 14.4. The quantitative estimate of drug-likeness (QED) is 0.693. The highest BCUT2D eigenvalue weighted by atomic mass is 35.5. The van der Waals surface area contributed by atoms with E-state index in [4.69, 9.17) is 17.3 Å². The highest BCUT2D eigenvalue weighted by Crippen LogP contribution is 2.32. The van der Waals surface area contributed by atoms with Gasteiger partial charge in [-0.1, -0.05) is 11.6 Å². The van der Waals surface area contributed by atoms with Crippen molar-refractivity contribution >= 4 is 65.0 Å². The van der Waals surface area contributed by atoms with Gasteiger partial charge in [0.15, 0.2) is 0 Å². The summed E-state index contributed by atoms with van der Waals surface area (Å²) >= 11 is 8.93. The Hall–Kier alpha value is -0.370. The fourth-order valence-corrected chi connectivity index (χ4v) is 3.59. The van der Waals surface area contributed by atoms with Crippen LogP contribution in [0.2, 0.25) is 4.34 Å². The van der Waals surface area contributed by atoms with Gasteiger partial charge in [-0.3, -0.25) is 4.79 Å². The third-order valence-electron chi connectivity index (χ3n) is 2.63. The van der Waals surface area contributed by atoms with Crippen LogP contribution in [-0.4, -0.2) is 24.0 Å². The molecule has 0 aliphatic carbocycles. The number of thiophene rings is 1. The Morgan fingerprint density at radius 1 is 1.32 bits per heavy atom. The van der Waals surface area contributed by atoms with Crippen LogP contribution < -0.4 is 11.1 Å². The summed E-state index contributed by atoms with van der Waals surface area (Å²) in [5, 5.41) is 5.70. The van der Waals surface area contributed by atoms with Gasteiger partial charge in [-0.05, 0) is 31.5 Å². The molecular formula is C13H18Cl3N3OS2. The number of hydrogen-bond donors (Lipinski definition) is 2. The van der Waals surface area contributed by atoms with Crippen LogP contribution in [0.3, 0.4) is 0 Å². The standard InChI is InChI=1S/C13H16ClN3OS2.2ClH/c14-11-4-3-10(20-11)13-17-9(8-19-13)7-12(18)16-6-2-1-5-15;;/h3-4,8H,1-2,5-7,15H2,(H,16,18);2*1H. The summed E-state index contributed by atoms with van der Waals surface area (Å²) < 4.78 is 0.745. The molecule has 22 heavy (non-hydrogen) atoms. The van der Waals surface area contributed by atoms with E-state index in [9.17, 15) is 4.79 Å². The molecule has 0 aromatic carbocycles. The van der Waals surface area contributed by atoms with E-state index in [-0.39, 0.29) is 30.7 Å². The van der Waals surface area contributed by atoms with Gasteiger partial charge in [0, 0.05) is 11.9 Å². The smallest absolute Gasteiger partial charge is 0.226 e. The van der Waals surface area contributed by atoms with Gasteiger partial charge in [0.2, 0.25) is 5.91 Å². The topological polar surface area (TPSA) is 68.0 Å². The molecule has 0 aliphatic heterocycles. The Kier molecular flexibility index (Phi) is 11.0. The lowest BCUT2D eigenvalue weighted by atomic mass is 10.3. The first kappa shape index (κ1) is 21.6. The average molecular weight is 403 g/mol. The molecule has 2 aromatic heterocycles. The summed E-state index contributed by atoms with van der Waals surface area (Å²) in [6, 6.07) is 3.80. The summed E-state index contributed by atoms with van der Waals surface area (Å²) in [6.07, 6.45) is 2.16. The van der Waals surface area contributed by atoms with Gasteiger partial charge in [-0.25, -0.2) is 4.98 Å². The van der Waals surface area contributed by atoms with Crippen molar-refractivity contribution in [1.29, 1.82) is 0 Å². The highest BCUT2D eigenvalue weighted by molar-refractivity contribution is 7.23. The molecule has 124 valence electrons. The van der Waals surface area contributed by atoms with Gasteiger partial charge in [-0.2, -0.15) is 0 Å². The van der Waals surface area contributed by atoms with Crippen molar-refractivity contribution in [3.8, 4) is 9.88 Å². The number of thiazole rings is 1. The number of halogens is 3. The number of aromatic nitrogens is 1. The molecule has 0 fully saturated rings. The minimum absolute atomic E-state index is 0. The molecule has 2 heterocycles. The first-order chi connectivity index (χ1) is 9.69. The molecule has 0 saturated carbocycles. The third-order valence-corrected chi connectivity index (χ3v) is 4.92. The SMILES string of the molecule is Cl.Cl.NCCCCNC(=O)Cc1csc(-c2ccc(Cl)s2)n1. The maximum Gasteiger partial charge on any atom is 0.226 e. The maximum atomic E-state index is 11.7. The molecule has 0 atom stereocenters.